The second-order valence-corrected chi connectivity index (χ2v) is 22.8. The van der Waals surface area contributed by atoms with E-state index in [4.69, 9.17) is 8.54 Å². The van der Waals surface area contributed by atoms with Crippen molar-refractivity contribution in [3.05, 3.63) is 85.2 Å². The Morgan fingerprint density at radius 3 is 1.64 bits per heavy atom. The molecular formula is C20H28O2Si3. The minimum Gasteiger partial charge on any atom is -0.428 e. The van der Waals surface area contributed by atoms with E-state index in [0.29, 0.717) is 0 Å². The minimum atomic E-state index is -2.70. The molecule has 0 aliphatic rings. The van der Waals surface area contributed by atoms with Gasteiger partial charge in [0.15, 0.2) is 0 Å². The largest absolute Gasteiger partial charge is 0.428 e. The van der Waals surface area contributed by atoms with E-state index in [9.17, 15) is 0 Å². The average Bonchev–Trinajstić information content (AvgIpc) is 2.67. The Hall–Kier alpha value is -1.51. The topological polar surface area (TPSA) is 18.5 Å². The first-order chi connectivity index (χ1) is 11.8. The van der Waals surface area contributed by atoms with Crippen molar-refractivity contribution in [2.75, 3.05) is 7.11 Å². The third-order valence-electron chi connectivity index (χ3n) is 4.89. The van der Waals surface area contributed by atoms with Gasteiger partial charge in [-0.25, -0.2) is 0 Å². The van der Waals surface area contributed by atoms with Crippen LogP contribution in [0, 0.1) is 0 Å². The summed E-state index contributed by atoms with van der Waals surface area (Å²) in [6, 6.07) is 20.8. The Balaban J connectivity index is 2.64. The molecule has 0 bridgehead atoms. The van der Waals surface area contributed by atoms with Gasteiger partial charge in [-0.3, -0.25) is 0 Å². The Morgan fingerprint density at radius 2 is 1.24 bits per heavy atom. The lowest BCUT2D eigenvalue weighted by molar-refractivity contribution is 0.334. The molecule has 0 amide bonds. The van der Waals surface area contributed by atoms with E-state index in [0.717, 1.165) is 0 Å². The van der Waals surface area contributed by atoms with Crippen molar-refractivity contribution in [3.63, 3.8) is 0 Å². The van der Waals surface area contributed by atoms with Gasteiger partial charge in [-0.05, 0) is 16.9 Å². The number of hydrogen-bond donors (Lipinski definition) is 0. The van der Waals surface area contributed by atoms with Crippen molar-refractivity contribution in [2.45, 2.75) is 19.6 Å². The highest BCUT2D eigenvalue weighted by atomic mass is 29.3. The van der Waals surface area contributed by atoms with E-state index in [2.05, 4.69) is 87.0 Å². The molecule has 0 spiro atoms. The van der Waals surface area contributed by atoms with Crippen LogP contribution in [0.25, 0.3) is 0 Å². The molecule has 0 N–H and O–H groups in total. The standard InChI is InChI=1S/C20H28O2Si3/c1-7-23(4,5)25(21-3,20-17-13-10-14-18-20)22-24(6,8-2)19-15-11-9-12-16-19/h7-18H,1-2H2,3-6H3. The van der Waals surface area contributed by atoms with Crippen LogP contribution in [0.5, 0.6) is 0 Å². The zero-order valence-corrected chi connectivity index (χ0v) is 18.7. The summed E-state index contributed by atoms with van der Waals surface area (Å²) in [7, 11) is -5.30. The SMILES string of the molecule is C=C[Si](C)(O[Si](OC)(c1ccccc1)[Si](C)(C)C=C)c1ccccc1. The molecule has 2 atom stereocenters. The van der Waals surface area contributed by atoms with Crippen LogP contribution in [0.15, 0.2) is 85.2 Å². The van der Waals surface area contributed by atoms with E-state index >= 15 is 0 Å². The zero-order chi connectivity index (χ0) is 18.6. The van der Waals surface area contributed by atoms with Crippen LogP contribution in [0.4, 0.5) is 0 Å². The van der Waals surface area contributed by atoms with E-state index in [1.54, 1.807) is 7.11 Å². The van der Waals surface area contributed by atoms with Gasteiger partial charge in [0.1, 0.15) is 7.59 Å². The zero-order valence-electron chi connectivity index (χ0n) is 15.7. The molecule has 0 saturated heterocycles. The summed E-state index contributed by atoms with van der Waals surface area (Å²) in [6.45, 7) is 15.0. The molecule has 2 aromatic carbocycles. The first kappa shape index (κ1) is 19.8. The van der Waals surface area contributed by atoms with Gasteiger partial charge < -0.3 is 8.54 Å². The summed E-state index contributed by atoms with van der Waals surface area (Å²) in [6.07, 6.45) is 0. The van der Waals surface area contributed by atoms with Gasteiger partial charge in [-0.2, -0.15) is 0 Å². The molecule has 132 valence electrons. The van der Waals surface area contributed by atoms with Crippen LogP contribution in [0.1, 0.15) is 0 Å². The predicted octanol–water partition coefficient (Wildman–Crippen LogP) is 3.72. The third kappa shape index (κ3) is 3.70. The molecule has 2 rings (SSSR count). The van der Waals surface area contributed by atoms with Gasteiger partial charge in [0.05, 0.1) is 0 Å². The number of rotatable bonds is 8. The van der Waals surface area contributed by atoms with Crippen molar-refractivity contribution in [3.8, 4) is 0 Å². The van der Waals surface area contributed by atoms with Crippen LogP contribution in [-0.2, 0) is 8.54 Å². The van der Waals surface area contributed by atoms with Gasteiger partial charge in [0, 0.05) is 7.11 Å². The fourth-order valence-electron chi connectivity index (χ4n) is 3.06. The highest BCUT2D eigenvalue weighted by molar-refractivity contribution is 7.44. The molecular weight excluding hydrogens is 356 g/mol. The van der Waals surface area contributed by atoms with Crippen molar-refractivity contribution in [1.29, 1.82) is 0 Å². The maximum Gasteiger partial charge on any atom is 0.343 e. The van der Waals surface area contributed by atoms with Crippen molar-refractivity contribution in [1.82, 2.24) is 0 Å². The quantitative estimate of drug-likeness (QED) is 0.646. The van der Waals surface area contributed by atoms with Crippen molar-refractivity contribution < 1.29 is 8.54 Å². The van der Waals surface area contributed by atoms with E-state index in [1.807, 2.05) is 17.8 Å². The molecule has 0 fully saturated rings. The predicted molar refractivity (Wildman–Crippen MR) is 115 cm³/mol. The lowest BCUT2D eigenvalue weighted by Crippen LogP contribution is -2.74. The van der Waals surface area contributed by atoms with Gasteiger partial charge in [-0.1, -0.05) is 85.2 Å². The second-order valence-electron chi connectivity index (χ2n) is 6.89. The first-order valence-electron chi connectivity index (χ1n) is 8.49. The summed E-state index contributed by atoms with van der Waals surface area (Å²) in [4.78, 5) is 0. The van der Waals surface area contributed by atoms with E-state index in [1.165, 1.54) is 10.4 Å². The van der Waals surface area contributed by atoms with E-state index in [-0.39, 0.29) is 0 Å². The number of benzene rings is 2. The van der Waals surface area contributed by atoms with E-state index < -0.39 is 24.0 Å². The van der Waals surface area contributed by atoms with Gasteiger partial charge >= 0.3 is 8.08 Å². The Kier molecular flexibility index (Phi) is 6.18. The van der Waals surface area contributed by atoms with Crippen molar-refractivity contribution >= 4 is 34.4 Å². The molecule has 0 heterocycles. The fraction of sp³-hybridized carbons (Fsp3) is 0.200. The van der Waals surface area contributed by atoms with Gasteiger partial charge in [0.2, 0.25) is 8.32 Å². The molecule has 5 heteroatoms. The van der Waals surface area contributed by atoms with Crippen LogP contribution < -0.4 is 10.4 Å². The summed E-state index contributed by atoms with van der Waals surface area (Å²) < 4.78 is 13.4. The molecule has 0 aliphatic heterocycles. The molecule has 0 radical (unpaired) electrons. The maximum atomic E-state index is 7.08. The molecule has 2 unspecified atom stereocenters. The monoisotopic (exact) mass is 384 g/mol. The minimum absolute atomic E-state index is 1.17. The third-order valence-corrected chi connectivity index (χ3v) is 22.5. The van der Waals surface area contributed by atoms with Gasteiger partial charge in [-0.15, -0.1) is 13.2 Å². The molecule has 2 nitrogen and oxygen atoms in total. The van der Waals surface area contributed by atoms with Crippen LogP contribution in [0.3, 0.4) is 0 Å². The summed E-state index contributed by atoms with van der Waals surface area (Å²) in [5.41, 5.74) is 4.11. The van der Waals surface area contributed by atoms with Gasteiger partial charge in [0.25, 0.3) is 0 Å². The lowest BCUT2D eigenvalue weighted by Gasteiger charge is -2.44. The lowest BCUT2D eigenvalue weighted by atomic mass is 10.4. The first-order valence-corrected chi connectivity index (χ1v) is 16.9. The summed E-state index contributed by atoms with van der Waals surface area (Å²) >= 11 is 0. The smallest absolute Gasteiger partial charge is 0.343 e. The summed E-state index contributed by atoms with van der Waals surface area (Å²) in [5, 5.41) is 2.38. The molecule has 0 aromatic heterocycles. The summed E-state index contributed by atoms with van der Waals surface area (Å²) in [5.74, 6) is 0. The average molecular weight is 385 g/mol. The fourth-order valence-corrected chi connectivity index (χ4v) is 21.0. The molecule has 0 aliphatic carbocycles. The van der Waals surface area contributed by atoms with Crippen LogP contribution in [0.2, 0.25) is 19.6 Å². The number of hydrogen-bond acceptors (Lipinski definition) is 2. The Labute approximate surface area is 155 Å². The maximum absolute atomic E-state index is 7.08. The van der Waals surface area contributed by atoms with Crippen LogP contribution >= 0.6 is 0 Å². The normalized spacial score (nSPS) is 16.5. The second kappa shape index (κ2) is 7.80. The van der Waals surface area contributed by atoms with Crippen molar-refractivity contribution in [2.24, 2.45) is 0 Å². The highest BCUT2D eigenvalue weighted by Crippen LogP contribution is 2.27. The highest BCUT2D eigenvalue weighted by Gasteiger charge is 2.56. The molecule has 0 saturated carbocycles. The molecule has 2 aromatic rings. The Morgan fingerprint density at radius 1 is 0.760 bits per heavy atom. The molecule has 25 heavy (non-hydrogen) atoms. The Bertz CT molecular complexity index is 718. The van der Waals surface area contributed by atoms with Crippen LogP contribution in [-0.4, -0.2) is 31.1 Å².